The zero-order valence-electron chi connectivity index (χ0n) is 10.9. The van der Waals surface area contributed by atoms with Crippen LogP contribution < -0.4 is 0 Å². The number of likely N-dealkylation sites (tertiary alicyclic amines) is 1. The zero-order chi connectivity index (χ0) is 13.6. The molecule has 2 aliphatic rings. The summed E-state index contributed by atoms with van der Waals surface area (Å²) in [7, 11) is 0. The number of carbonyl (C=O) groups is 2. The lowest BCUT2D eigenvalue weighted by molar-refractivity contribution is -0.145. The lowest BCUT2D eigenvalue weighted by Crippen LogP contribution is -2.47. The number of carbonyl (C=O) groups excluding carboxylic acids is 1. The maximum absolute atomic E-state index is 12.0. The summed E-state index contributed by atoms with van der Waals surface area (Å²) in [5.74, 6) is -1.01. The number of carboxylic acids is 1. The molecule has 2 aliphatic heterocycles. The van der Waals surface area contributed by atoms with Gasteiger partial charge >= 0.3 is 12.1 Å². The number of nitrogens with zero attached hydrogens (tertiary/aromatic N) is 1. The average Bonchev–Trinajstić information content (AvgIpc) is 2.54. The molecule has 0 aromatic rings. The van der Waals surface area contributed by atoms with Gasteiger partial charge in [0.1, 0.15) is 11.6 Å². The summed E-state index contributed by atoms with van der Waals surface area (Å²) in [6.07, 6.45) is 0.569. The summed E-state index contributed by atoms with van der Waals surface area (Å²) in [5, 5.41) is 9.18. The smallest absolute Gasteiger partial charge is 0.411 e. The van der Waals surface area contributed by atoms with Gasteiger partial charge in [-0.3, -0.25) is 4.90 Å². The molecular weight excluding hydrogens is 238 g/mol. The molecule has 2 fully saturated rings. The molecule has 0 aromatic heterocycles. The van der Waals surface area contributed by atoms with Crippen molar-refractivity contribution in [3.8, 4) is 0 Å². The Morgan fingerprint density at radius 2 is 2.06 bits per heavy atom. The normalized spacial score (nSPS) is 31.3. The highest BCUT2D eigenvalue weighted by Gasteiger charge is 2.54. The van der Waals surface area contributed by atoms with Crippen LogP contribution in [0.15, 0.2) is 0 Å². The van der Waals surface area contributed by atoms with Crippen LogP contribution in [0, 0.1) is 0 Å². The number of carboxylic acid groups (broad SMARTS) is 1. The van der Waals surface area contributed by atoms with Gasteiger partial charge in [0.15, 0.2) is 0 Å². The van der Waals surface area contributed by atoms with E-state index in [0.29, 0.717) is 19.6 Å². The minimum absolute atomic E-state index is 0.304. The molecule has 1 amide bonds. The Morgan fingerprint density at radius 1 is 1.44 bits per heavy atom. The van der Waals surface area contributed by atoms with E-state index in [9.17, 15) is 14.7 Å². The Labute approximate surface area is 106 Å². The highest BCUT2D eigenvalue weighted by molar-refractivity contribution is 5.81. The molecule has 0 aliphatic carbocycles. The fraction of sp³-hybridized carbons (Fsp3) is 0.833. The molecule has 2 rings (SSSR count). The fourth-order valence-corrected chi connectivity index (χ4v) is 2.36. The summed E-state index contributed by atoms with van der Waals surface area (Å²) < 4.78 is 10.7. The lowest BCUT2D eigenvalue weighted by atomic mass is 9.92. The van der Waals surface area contributed by atoms with Gasteiger partial charge in [0, 0.05) is 12.8 Å². The van der Waals surface area contributed by atoms with Crippen LogP contribution in [0.25, 0.3) is 0 Å². The van der Waals surface area contributed by atoms with Crippen molar-refractivity contribution in [1.82, 2.24) is 4.90 Å². The van der Waals surface area contributed by atoms with Crippen molar-refractivity contribution in [2.45, 2.75) is 50.9 Å². The van der Waals surface area contributed by atoms with Crippen molar-refractivity contribution in [3.05, 3.63) is 0 Å². The van der Waals surface area contributed by atoms with E-state index in [1.54, 1.807) is 20.8 Å². The molecule has 2 atom stereocenters. The summed E-state index contributed by atoms with van der Waals surface area (Å²) in [6, 6.07) is -0.847. The number of ether oxygens (including phenoxy) is 2. The van der Waals surface area contributed by atoms with Gasteiger partial charge in [0.05, 0.1) is 18.8 Å². The van der Waals surface area contributed by atoms with Gasteiger partial charge in [-0.05, 0) is 20.8 Å². The zero-order valence-corrected chi connectivity index (χ0v) is 10.9. The molecule has 2 heterocycles. The number of hydrogen-bond donors (Lipinski definition) is 1. The van der Waals surface area contributed by atoms with Crippen LogP contribution in [0.4, 0.5) is 4.79 Å². The van der Waals surface area contributed by atoms with E-state index in [1.165, 1.54) is 4.90 Å². The largest absolute Gasteiger partial charge is 0.480 e. The van der Waals surface area contributed by atoms with E-state index >= 15 is 0 Å². The van der Waals surface area contributed by atoms with Gasteiger partial charge in [-0.15, -0.1) is 0 Å². The third kappa shape index (κ3) is 2.43. The van der Waals surface area contributed by atoms with Crippen LogP contribution in [0.1, 0.15) is 33.6 Å². The van der Waals surface area contributed by atoms with Crippen molar-refractivity contribution >= 4 is 12.1 Å². The average molecular weight is 257 g/mol. The van der Waals surface area contributed by atoms with Gasteiger partial charge in [-0.25, -0.2) is 9.59 Å². The van der Waals surface area contributed by atoms with Gasteiger partial charge in [-0.2, -0.15) is 0 Å². The monoisotopic (exact) mass is 257 g/mol. The molecule has 102 valence electrons. The molecule has 18 heavy (non-hydrogen) atoms. The Kier molecular flexibility index (Phi) is 3.01. The molecule has 6 heteroatoms. The van der Waals surface area contributed by atoms with Gasteiger partial charge < -0.3 is 14.6 Å². The topological polar surface area (TPSA) is 76.1 Å². The molecule has 1 spiro atoms. The summed E-state index contributed by atoms with van der Waals surface area (Å²) in [4.78, 5) is 24.5. The van der Waals surface area contributed by atoms with Gasteiger partial charge in [0.25, 0.3) is 0 Å². The number of rotatable bonds is 1. The van der Waals surface area contributed by atoms with E-state index in [-0.39, 0.29) is 0 Å². The maximum Gasteiger partial charge on any atom is 0.411 e. The minimum atomic E-state index is -1.01. The predicted octanol–water partition coefficient (Wildman–Crippen LogP) is 1.24. The first-order chi connectivity index (χ1) is 8.22. The maximum atomic E-state index is 12.0. The summed E-state index contributed by atoms with van der Waals surface area (Å²) in [5.41, 5.74) is -1.09. The van der Waals surface area contributed by atoms with Gasteiger partial charge in [-0.1, -0.05) is 0 Å². The lowest BCUT2D eigenvalue weighted by Gasteiger charge is -2.38. The van der Waals surface area contributed by atoms with E-state index in [0.717, 1.165) is 6.42 Å². The van der Waals surface area contributed by atoms with E-state index in [4.69, 9.17) is 9.47 Å². The predicted molar refractivity (Wildman–Crippen MR) is 62.3 cm³/mol. The Bertz CT molecular complexity index is 369. The highest BCUT2D eigenvalue weighted by atomic mass is 16.6. The van der Waals surface area contributed by atoms with Crippen LogP contribution in [0.5, 0.6) is 0 Å². The second kappa shape index (κ2) is 4.12. The third-order valence-corrected chi connectivity index (χ3v) is 3.28. The summed E-state index contributed by atoms with van der Waals surface area (Å²) in [6.45, 7) is 6.21. The second-order valence-corrected chi connectivity index (χ2v) is 5.95. The van der Waals surface area contributed by atoms with Gasteiger partial charge in [0.2, 0.25) is 0 Å². The number of hydrogen-bond acceptors (Lipinski definition) is 4. The first-order valence-electron chi connectivity index (χ1n) is 6.09. The fourth-order valence-electron chi connectivity index (χ4n) is 2.36. The van der Waals surface area contributed by atoms with Crippen LogP contribution in [0.2, 0.25) is 0 Å². The first kappa shape index (κ1) is 13.1. The molecule has 0 bridgehead atoms. The minimum Gasteiger partial charge on any atom is -0.480 e. The highest BCUT2D eigenvalue weighted by Crippen LogP contribution is 2.39. The van der Waals surface area contributed by atoms with E-state index < -0.39 is 29.3 Å². The molecule has 0 aromatic carbocycles. The van der Waals surface area contributed by atoms with Crippen molar-refractivity contribution in [3.63, 3.8) is 0 Å². The van der Waals surface area contributed by atoms with Crippen molar-refractivity contribution in [1.29, 1.82) is 0 Å². The molecular formula is C12H19NO5. The molecule has 2 saturated heterocycles. The second-order valence-electron chi connectivity index (χ2n) is 5.95. The van der Waals surface area contributed by atoms with Crippen LogP contribution in [-0.4, -0.2) is 52.5 Å². The Hall–Kier alpha value is -1.30. The van der Waals surface area contributed by atoms with Crippen molar-refractivity contribution in [2.75, 3.05) is 13.2 Å². The number of amides is 1. The molecule has 0 unspecified atom stereocenters. The van der Waals surface area contributed by atoms with Crippen LogP contribution in [-0.2, 0) is 14.3 Å². The molecule has 6 nitrogen and oxygen atoms in total. The van der Waals surface area contributed by atoms with Crippen molar-refractivity contribution < 1.29 is 24.2 Å². The number of aliphatic carboxylic acids is 1. The van der Waals surface area contributed by atoms with Crippen molar-refractivity contribution in [2.24, 2.45) is 0 Å². The van der Waals surface area contributed by atoms with E-state index in [2.05, 4.69) is 0 Å². The standard InChI is InChI=1S/C12H19NO5/c1-11(2,3)18-10(16)13-7-12(4-5-17-12)6-8(13)9(14)15/h8H,4-7H2,1-3H3,(H,14,15)/t8-,12+/m0/s1. The quantitative estimate of drug-likeness (QED) is 0.764. The third-order valence-electron chi connectivity index (χ3n) is 3.28. The Morgan fingerprint density at radius 3 is 2.44 bits per heavy atom. The van der Waals surface area contributed by atoms with Crippen LogP contribution >= 0.6 is 0 Å². The molecule has 1 N–H and O–H groups in total. The SMILES string of the molecule is CC(C)(C)OC(=O)N1C[C@@]2(CCO2)C[C@H]1C(=O)O. The van der Waals surface area contributed by atoms with E-state index in [1.807, 2.05) is 0 Å². The first-order valence-corrected chi connectivity index (χ1v) is 6.09. The van der Waals surface area contributed by atoms with Crippen LogP contribution in [0.3, 0.4) is 0 Å². The summed E-state index contributed by atoms with van der Waals surface area (Å²) >= 11 is 0. The Balaban J connectivity index is 2.10. The molecule has 0 saturated carbocycles. The molecule has 0 radical (unpaired) electrons.